The molecule has 0 radical (unpaired) electrons. The minimum absolute atomic E-state index is 0.00591. The average molecular weight is 559 g/mol. The van der Waals surface area contributed by atoms with E-state index in [0.717, 1.165) is 25.0 Å². The van der Waals surface area contributed by atoms with Crippen molar-refractivity contribution in [2.45, 2.75) is 43.4 Å². The normalized spacial score (nSPS) is 17.8. The van der Waals surface area contributed by atoms with E-state index in [1.807, 2.05) is 0 Å². The van der Waals surface area contributed by atoms with Gasteiger partial charge in [-0.1, -0.05) is 0 Å². The molecule has 1 aliphatic carbocycles. The predicted molar refractivity (Wildman–Crippen MR) is 136 cm³/mol. The lowest BCUT2D eigenvalue weighted by Crippen LogP contribution is -2.40. The summed E-state index contributed by atoms with van der Waals surface area (Å²) in [6.07, 6.45) is -2.05. The average Bonchev–Trinajstić information content (AvgIpc) is 3.64. The number of rotatable bonds is 9. The van der Waals surface area contributed by atoms with Gasteiger partial charge in [-0.2, -0.15) is 13.2 Å². The number of ether oxygens (including phenoxy) is 3. The van der Waals surface area contributed by atoms with E-state index in [0.29, 0.717) is 23.3 Å². The molecule has 40 heavy (non-hydrogen) atoms. The third kappa shape index (κ3) is 5.45. The highest BCUT2D eigenvalue weighted by Gasteiger charge is 2.48. The molecular weight excluding hydrogens is 532 g/mol. The van der Waals surface area contributed by atoms with Gasteiger partial charge in [0.15, 0.2) is 11.5 Å². The number of nitrogens with zero attached hydrogens (tertiary/aromatic N) is 1. The molecule has 2 atom stereocenters. The highest BCUT2D eigenvalue weighted by Crippen LogP contribution is 2.48. The number of halogens is 4. The molecule has 1 N–H and O–H groups in total. The van der Waals surface area contributed by atoms with Crippen molar-refractivity contribution in [3.63, 3.8) is 0 Å². The van der Waals surface area contributed by atoms with E-state index in [1.54, 1.807) is 12.1 Å². The Balaban J connectivity index is 1.45. The zero-order valence-electron chi connectivity index (χ0n) is 21.7. The Labute approximate surface area is 227 Å². The SMILES string of the molecule is COc1cc(C(=O)NC[C@](C)(C=O)c2cc3c(c(-c4ccc(F)cc4)n2)OC[C@H]3C(F)(F)F)ccc1OC1CC1. The molecule has 210 valence electrons. The Hall–Kier alpha value is -4.15. The largest absolute Gasteiger partial charge is 0.493 e. The summed E-state index contributed by atoms with van der Waals surface area (Å²) in [6, 6.07) is 10.9. The number of aromatic nitrogens is 1. The van der Waals surface area contributed by atoms with E-state index >= 15 is 0 Å². The first-order valence-electron chi connectivity index (χ1n) is 12.6. The summed E-state index contributed by atoms with van der Waals surface area (Å²) in [7, 11) is 1.45. The Bertz CT molecular complexity index is 1440. The molecule has 5 rings (SSSR count). The number of aldehydes is 1. The number of carbonyl (C=O) groups excluding carboxylic acids is 2. The lowest BCUT2D eigenvalue weighted by Gasteiger charge is -2.25. The quantitative estimate of drug-likeness (QED) is 0.281. The van der Waals surface area contributed by atoms with Crippen LogP contribution in [-0.2, 0) is 10.2 Å². The summed E-state index contributed by atoms with van der Waals surface area (Å²) < 4.78 is 71.6. The maximum absolute atomic E-state index is 13.8. The molecule has 3 aromatic rings. The van der Waals surface area contributed by atoms with E-state index in [4.69, 9.17) is 14.2 Å². The van der Waals surface area contributed by atoms with Crippen LogP contribution in [0.25, 0.3) is 11.3 Å². The highest BCUT2D eigenvalue weighted by atomic mass is 19.4. The van der Waals surface area contributed by atoms with Gasteiger partial charge in [0.05, 0.1) is 24.3 Å². The molecule has 1 saturated carbocycles. The van der Waals surface area contributed by atoms with Crippen molar-refractivity contribution in [3.8, 4) is 28.5 Å². The van der Waals surface area contributed by atoms with Gasteiger partial charge >= 0.3 is 6.18 Å². The van der Waals surface area contributed by atoms with E-state index in [-0.39, 0.29) is 40.9 Å². The van der Waals surface area contributed by atoms with Gasteiger partial charge in [0.25, 0.3) is 5.91 Å². The summed E-state index contributed by atoms with van der Waals surface area (Å²) in [4.78, 5) is 29.9. The van der Waals surface area contributed by atoms with Crippen molar-refractivity contribution >= 4 is 12.2 Å². The molecule has 1 aromatic heterocycles. The van der Waals surface area contributed by atoms with Gasteiger partial charge < -0.3 is 24.3 Å². The van der Waals surface area contributed by atoms with Gasteiger partial charge in [0.2, 0.25) is 0 Å². The van der Waals surface area contributed by atoms with Crippen LogP contribution in [0.4, 0.5) is 17.6 Å². The van der Waals surface area contributed by atoms with Crippen molar-refractivity contribution in [2.75, 3.05) is 20.3 Å². The molecule has 0 bridgehead atoms. The zero-order valence-corrected chi connectivity index (χ0v) is 21.7. The van der Waals surface area contributed by atoms with Crippen molar-refractivity contribution in [3.05, 3.63) is 71.2 Å². The summed E-state index contributed by atoms with van der Waals surface area (Å²) in [5.41, 5.74) is -1.06. The molecule has 1 amide bonds. The fourth-order valence-electron chi connectivity index (χ4n) is 4.42. The second-order valence-electron chi connectivity index (χ2n) is 10.1. The van der Waals surface area contributed by atoms with Crippen LogP contribution in [0.3, 0.4) is 0 Å². The smallest absolute Gasteiger partial charge is 0.399 e. The molecule has 2 heterocycles. The first-order chi connectivity index (χ1) is 19.0. The number of alkyl halides is 3. The number of benzene rings is 2. The summed E-state index contributed by atoms with van der Waals surface area (Å²) in [5, 5.41) is 2.68. The summed E-state index contributed by atoms with van der Waals surface area (Å²) >= 11 is 0. The molecule has 0 saturated heterocycles. The molecule has 0 unspecified atom stereocenters. The Morgan fingerprint density at radius 3 is 2.48 bits per heavy atom. The van der Waals surface area contributed by atoms with Crippen molar-refractivity contribution in [1.82, 2.24) is 10.3 Å². The standard InChI is InChI=1S/C29H26F4N2O5/c1-28(15-36,14-34-27(37)17-5-10-22(23(11-17)38-2)40-19-8-9-19)24-12-20-21(29(31,32)33)13-39-26(20)25(35-24)16-3-6-18(30)7-4-16/h3-7,10-12,15,19,21H,8-9,13-14H2,1-2H3,(H,34,37)/t21-,28-/m1/s1. The lowest BCUT2D eigenvalue weighted by molar-refractivity contribution is -0.151. The number of fused-ring (bicyclic) bond motifs is 1. The first-order valence-corrected chi connectivity index (χ1v) is 12.6. The van der Waals surface area contributed by atoms with Crippen molar-refractivity contribution in [2.24, 2.45) is 0 Å². The fraction of sp³-hybridized carbons (Fsp3) is 0.345. The first kappa shape index (κ1) is 27.4. The maximum atomic E-state index is 13.8. The number of methoxy groups -OCH3 is 1. The Morgan fingerprint density at radius 1 is 1.12 bits per heavy atom. The van der Waals surface area contributed by atoms with E-state index in [2.05, 4.69) is 10.3 Å². The van der Waals surface area contributed by atoms with Crippen LogP contribution < -0.4 is 19.5 Å². The number of hydrogen-bond acceptors (Lipinski definition) is 6. The maximum Gasteiger partial charge on any atom is 0.399 e. The van der Waals surface area contributed by atoms with Crippen LogP contribution in [-0.4, -0.2) is 49.7 Å². The number of amides is 1. The highest BCUT2D eigenvalue weighted by molar-refractivity contribution is 5.95. The minimum Gasteiger partial charge on any atom is -0.493 e. The van der Waals surface area contributed by atoms with E-state index < -0.39 is 35.8 Å². The van der Waals surface area contributed by atoms with Crippen LogP contribution in [0.5, 0.6) is 17.2 Å². The Kier molecular flexibility index (Phi) is 7.16. The van der Waals surface area contributed by atoms with Gasteiger partial charge in [-0.15, -0.1) is 0 Å². The van der Waals surface area contributed by atoms with Crippen LogP contribution in [0.15, 0.2) is 48.5 Å². The summed E-state index contributed by atoms with van der Waals surface area (Å²) in [6.45, 7) is 0.564. The minimum atomic E-state index is -4.61. The van der Waals surface area contributed by atoms with Crippen LogP contribution in [0, 0.1) is 5.82 Å². The van der Waals surface area contributed by atoms with Gasteiger partial charge in [-0.3, -0.25) is 4.79 Å². The lowest BCUT2D eigenvalue weighted by atomic mass is 9.85. The van der Waals surface area contributed by atoms with Crippen LogP contribution >= 0.6 is 0 Å². The number of hydrogen-bond donors (Lipinski definition) is 1. The van der Waals surface area contributed by atoms with Crippen LogP contribution in [0.1, 0.15) is 47.3 Å². The van der Waals surface area contributed by atoms with Gasteiger partial charge in [-0.25, -0.2) is 9.37 Å². The molecule has 2 aromatic carbocycles. The second-order valence-corrected chi connectivity index (χ2v) is 10.1. The van der Waals surface area contributed by atoms with Crippen molar-refractivity contribution < 1.29 is 41.4 Å². The molecule has 2 aliphatic rings. The van der Waals surface area contributed by atoms with Gasteiger partial charge in [0, 0.05) is 23.2 Å². The third-order valence-corrected chi connectivity index (χ3v) is 6.99. The fourth-order valence-corrected chi connectivity index (χ4v) is 4.42. The second kappa shape index (κ2) is 10.4. The summed E-state index contributed by atoms with van der Waals surface area (Å²) in [5.74, 6) is -2.18. The zero-order chi connectivity index (χ0) is 28.7. The number of nitrogens with one attached hydrogen (secondary N) is 1. The predicted octanol–water partition coefficient (Wildman–Crippen LogP) is 5.36. The van der Waals surface area contributed by atoms with E-state index in [9.17, 15) is 27.2 Å². The molecule has 0 spiro atoms. The number of pyridine rings is 1. The topological polar surface area (TPSA) is 86.8 Å². The van der Waals surface area contributed by atoms with E-state index in [1.165, 1.54) is 38.3 Å². The van der Waals surface area contributed by atoms with Gasteiger partial charge in [0.1, 0.15) is 36.1 Å². The van der Waals surface area contributed by atoms with Crippen molar-refractivity contribution in [1.29, 1.82) is 0 Å². The number of carbonyl (C=O) groups is 2. The van der Waals surface area contributed by atoms with Gasteiger partial charge in [-0.05, 0) is 68.3 Å². The Morgan fingerprint density at radius 2 is 1.85 bits per heavy atom. The monoisotopic (exact) mass is 558 g/mol. The third-order valence-electron chi connectivity index (χ3n) is 6.99. The molecule has 1 fully saturated rings. The molecule has 11 heteroatoms. The molecule has 1 aliphatic heterocycles. The molecular formula is C29H26F4N2O5. The molecule has 7 nitrogen and oxygen atoms in total. The van der Waals surface area contributed by atoms with Crippen LogP contribution in [0.2, 0.25) is 0 Å².